The van der Waals surface area contributed by atoms with Gasteiger partial charge in [-0.25, -0.2) is 4.98 Å². The van der Waals surface area contributed by atoms with Crippen molar-refractivity contribution in [2.75, 3.05) is 18.1 Å². The second kappa shape index (κ2) is 6.45. The number of para-hydroxylation sites is 1. The van der Waals surface area contributed by atoms with Gasteiger partial charge in [0.25, 0.3) is 0 Å². The van der Waals surface area contributed by atoms with Crippen molar-refractivity contribution in [3.05, 3.63) is 40.4 Å². The highest BCUT2D eigenvalue weighted by Gasteiger charge is 2.19. The second-order valence-electron chi connectivity index (χ2n) is 5.15. The van der Waals surface area contributed by atoms with Crippen LogP contribution < -0.4 is 9.64 Å². The lowest BCUT2D eigenvalue weighted by Gasteiger charge is -2.18. The third kappa shape index (κ3) is 3.04. The number of nitrogens with zero attached hydrogens (tertiary/aromatic N) is 2. The Hall–Kier alpha value is -1.59. The zero-order valence-corrected chi connectivity index (χ0v) is 13.0. The van der Waals surface area contributed by atoms with E-state index in [0.717, 1.165) is 47.4 Å². The summed E-state index contributed by atoms with van der Waals surface area (Å²) in [7, 11) is 0. The van der Waals surface area contributed by atoms with E-state index in [1.165, 1.54) is 5.56 Å². The molecule has 0 unspecified atom stereocenters. The maximum Gasteiger partial charge on any atom is 0.186 e. The number of hydrogen-bond acceptors (Lipinski definition) is 5. The molecular weight excluding hydrogens is 284 g/mol. The molecule has 1 aliphatic rings. The van der Waals surface area contributed by atoms with E-state index in [4.69, 9.17) is 9.72 Å². The molecule has 2 heterocycles. The molecule has 2 aromatic rings. The first-order valence-electron chi connectivity index (χ1n) is 7.37. The Labute approximate surface area is 129 Å². The molecule has 1 N–H and O–H groups in total. The summed E-state index contributed by atoms with van der Waals surface area (Å²) >= 11 is 1.60. The van der Waals surface area contributed by atoms with Crippen LogP contribution in [-0.2, 0) is 19.6 Å². The Morgan fingerprint density at radius 1 is 1.38 bits per heavy atom. The molecule has 0 saturated heterocycles. The van der Waals surface area contributed by atoms with Gasteiger partial charge in [0.1, 0.15) is 12.4 Å². The number of aliphatic hydroxyl groups is 1. The number of rotatable bonds is 4. The molecule has 0 atom stereocenters. The van der Waals surface area contributed by atoms with E-state index in [2.05, 4.69) is 17.9 Å². The molecule has 3 rings (SSSR count). The van der Waals surface area contributed by atoms with Crippen molar-refractivity contribution in [2.24, 2.45) is 0 Å². The molecule has 1 aromatic heterocycles. The quantitative estimate of drug-likeness (QED) is 0.943. The molecule has 0 saturated carbocycles. The van der Waals surface area contributed by atoms with Gasteiger partial charge in [-0.05, 0) is 12.5 Å². The Balaban J connectivity index is 1.87. The Kier molecular flexibility index (Phi) is 4.41. The lowest BCUT2D eigenvalue weighted by molar-refractivity contribution is 0.284. The molecule has 1 aliphatic heterocycles. The third-order valence-corrected chi connectivity index (χ3v) is 4.76. The van der Waals surface area contributed by atoms with E-state index in [0.29, 0.717) is 6.61 Å². The maximum atomic E-state index is 9.50. The van der Waals surface area contributed by atoms with E-state index in [-0.39, 0.29) is 6.61 Å². The average molecular weight is 304 g/mol. The van der Waals surface area contributed by atoms with Gasteiger partial charge in [-0.15, -0.1) is 0 Å². The van der Waals surface area contributed by atoms with Crippen molar-refractivity contribution in [3.8, 4) is 5.75 Å². The van der Waals surface area contributed by atoms with Crippen LogP contribution in [0.1, 0.15) is 29.5 Å². The van der Waals surface area contributed by atoms with Crippen molar-refractivity contribution in [2.45, 2.75) is 32.9 Å². The molecule has 5 heteroatoms. The fourth-order valence-electron chi connectivity index (χ4n) is 2.55. The molecule has 0 fully saturated rings. The number of fused-ring (bicyclic) bond motifs is 1. The monoisotopic (exact) mass is 304 g/mol. The molecule has 0 amide bonds. The Morgan fingerprint density at radius 2 is 2.24 bits per heavy atom. The Morgan fingerprint density at radius 3 is 3.05 bits per heavy atom. The molecule has 112 valence electrons. The molecule has 0 aliphatic carbocycles. The highest BCUT2D eigenvalue weighted by atomic mass is 32.1. The normalized spacial score (nSPS) is 14.5. The fourth-order valence-corrected chi connectivity index (χ4v) is 3.54. The molecule has 1 aromatic carbocycles. The van der Waals surface area contributed by atoms with Crippen LogP contribution in [0.2, 0.25) is 0 Å². The molecule has 4 nitrogen and oxygen atoms in total. The van der Waals surface area contributed by atoms with Crippen molar-refractivity contribution >= 4 is 16.5 Å². The summed E-state index contributed by atoms with van der Waals surface area (Å²) in [5.41, 5.74) is 2.23. The first kappa shape index (κ1) is 14.4. The van der Waals surface area contributed by atoms with Crippen LogP contribution in [0, 0.1) is 0 Å². The number of benzene rings is 1. The zero-order valence-electron chi connectivity index (χ0n) is 12.2. The summed E-state index contributed by atoms with van der Waals surface area (Å²) < 4.78 is 5.80. The Bertz CT molecular complexity index is 612. The highest BCUT2D eigenvalue weighted by Crippen LogP contribution is 2.31. The minimum atomic E-state index is 0.0773. The summed E-state index contributed by atoms with van der Waals surface area (Å²) in [6.07, 6.45) is 1.97. The number of hydrogen-bond donors (Lipinski definition) is 1. The van der Waals surface area contributed by atoms with Crippen LogP contribution in [-0.4, -0.2) is 23.2 Å². The van der Waals surface area contributed by atoms with Gasteiger partial charge in [0, 0.05) is 12.1 Å². The summed E-state index contributed by atoms with van der Waals surface area (Å²) in [5, 5.41) is 10.5. The summed E-state index contributed by atoms with van der Waals surface area (Å²) in [4.78, 5) is 7.97. The number of aryl methyl sites for hydroxylation is 1. The molecule has 21 heavy (non-hydrogen) atoms. The van der Waals surface area contributed by atoms with Gasteiger partial charge >= 0.3 is 0 Å². The number of ether oxygens (including phenoxy) is 1. The molecule has 0 bridgehead atoms. The molecular formula is C16H20N2O2S. The van der Waals surface area contributed by atoms with Crippen LogP contribution in [0.25, 0.3) is 0 Å². The van der Waals surface area contributed by atoms with Crippen LogP contribution in [0.5, 0.6) is 5.75 Å². The average Bonchev–Trinajstić information content (AvgIpc) is 2.78. The van der Waals surface area contributed by atoms with Gasteiger partial charge in [-0.1, -0.05) is 42.9 Å². The largest absolute Gasteiger partial charge is 0.491 e. The van der Waals surface area contributed by atoms with Gasteiger partial charge in [0.05, 0.1) is 23.7 Å². The summed E-state index contributed by atoms with van der Waals surface area (Å²) in [6, 6.07) is 8.15. The first-order valence-corrected chi connectivity index (χ1v) is 8.18. The van der Waals surface area contributed by atoms with E-state index in [1.807, 2.05) is 18.2 Å². The minimum absolute atomic E-state index is 0.0773. The lowest BCUT2D eigenvalue weighted by atomic mass is 10.2. The van der Waals surface area contributed by atoms with E-state index in [9.17, 15) is 5.11 Å². The van der Waals surface area contributed by atoms with Gasteiger partial charge < -0.3 is 14.7 Å². The number of anilines is 1. The predicted octanol–water partition coefficient (Wildman–Crippen LogP) is 2.99. The minimum Gasteiger partial charge on any atom is -0.491 e. The van der Waals surface area contributed by atoms with Crippen molar-refractivity contribution < 1.29 is 9.84 Å². The van der Waals surface area contributed by atoms with Gasteiger partial charge in [0.2, 0.25) is 0 Å². The highest BCUT2D eigenvalue weighted by molar-refractivity contribution is 7.15. The SMILES string of the molecule is CCCc1nc(N2CCOc3ccccc3C2)sc1CO. The number of thiazole rings is 1. The summed E-state index contributed by atoms with van der Waals surface area (Å²) in [5.74, 6) is 0.965. The van der Waals surface area contributed by atoms with Gasteiger partial charge in [-0.3, -0.25) is 0 Å². The van der Waals surface area contributed by atoms with E-state index < -0.39 is 0 Å². The summed E-state index contributed by atoms with van der Waals surface area (Å²) in [6.45, 7) is 4.50. The maximum absolute atomic E-state index is 9.50. The van der Waals surface area contributed by atoms with Gasteiger partial charge in [0.15, 0.2) is 5.13 Å². The van der Waals surface area contributed by atoms with Crippen molar-refractivity contribution in [3.63, 3.8) is 0 Å². The van der Waals surface area contributed by atoms with E-state index >= 15 is 0 Å². The topological polar surface area (TPSA) is 45.6 Å². The van der Waals surface area contributed by atoms with E-state index in [1.54, 1.807) is 11.3 Å². The zero-order chi connectivity index (χ0) is 14.7. The van der Waals surface area contributed by atoms with Crippen molar-refractivity contribution in [1.82, 2.24) is 4.98 Å². The molecule has 0 radical (unpaired) electrons. The van der Waals surface area contributed by atoms with Crippen LogP contribution in [0.15, 0.2) is 24.3 Å². The lowest BCUT2D eigenvalue weighted by Crippen LogP contribution is -2.25. The standard InChI is InChI=1S/C16H20N2O2S/c1-2-5-13-15(11-19)21-16(17-13)18-8-9-20-14-7-4-3-6-12(14)10-18/h3-4,6-7,19H,2,5,8-11H2,1H3. The van der Waals surface area contributed by atoms with Crippen LogP contribution in [0.3, 0.4) is 0 Å². The first-order chi connectivity index (χ1) is 10.3. The smallest absolute Gasteiger partial charge is 0.186 e. The third-order valence-electron chi connectivity index (χ3n) is 3.62. The van der Waals surface area contributed by atoms with Crippen LogP contribution >= 0.6 is 11.3 Å². The fraction of sp³-hybridized carbons (Fsp3) is 0.438. The van der Waals surface area contributed by atoms with Gasteiger partial charge in [-0.2, -0.15) is 0 Å². The van der Waals surface area contributed by atoms with Crippen molar-refractivity contribution in [1.29, 1.82) is 0 Å². The van der Waals surface area contributed by atoms with Crippen LogP contribution in [0.4, 0.5) is 5.13 Å². The molecule has 0 spiro atoms. The second-order valence-corrected chi connectivity index (χ2v) is 6.21. The predicted molar refractivity (Wildman–Crippen MR) is 85.0 cm³/mol. The number of aromatic nitrogens is 1. The number of aliphatic hydroxyl groups excluding tert-OH is 1.